The molecule has 1 amide bonds. The van der Waals surface area contributed by atoms with Crippen LogP contribution in [-0.4, -0.2) is 66.2 Å². The van der Waals surface area contributed by atoms with Gasteiger partial charge in [0.25, 0.3) is 5.91 Å². The van der Waals surface area contributed by atoms with Crippen LogP contribution in [0, 0.1) is 5.92 Å². The van der Waals surface area contributed by atoms with Crippen molar-refractivity contribution in [3.63, 3.8) is 0 Å². The highest BCUT2D eigenvalue weighted by molar-refractivity contribution is 5.92. The van der Waals surface area contributed by atoms with E-state index in [1.807, 2.05) is 11.0 Å². The minimum atomic E-state index is -0.461. The maximum atomic E-state index is 12.7. The highest BCUT2D eigenvalue weighted by atomic mass is 16.7. The van der Waals surface area contributed by atoms with Gasteiger partial charge in [0.05, 0.1) is 13.2 Å². The van der Waals surface area contributed by atoms with Crippen LogP contribution in [0.3, 0.4) is 0 Å². The van der Waals surface area contributed by atoms with Crippen molar-refractivity contribution >= 4 is 11.7 Å². The summed E-state index contributed by atoms with van der Waals surface area (Å²) in [6, 6.07) is 3.73. The van der Waals surface area contributed by atoms with Gasteiger partial charge < -0.3 is 19.3 Å². The van der Waals surface area contributed by atoms with Gasteiger partial charge in [-0.05, 0) is 30.9 Å². The molecule has 1 spiro atoms. The predicted octanol–water partition coefficient (Wildman–Crippen LogP) is 1.69. The fourth-order valence-electron chi connectivity index (χ4n) is 4.00. The second kappa shape index (κ2) is 6.88. The first-order valence-electron chi connectivity index (χ1n) is 9.31. The number of ether oxygens (including phenoxy) is 2. The Labute approximate surface area is 148 Å². The molecule has 0 bridgehead atoms. The van der Waals surface area contributed by atoms with E-state index in [1.54, 1.807) is 6.07 Å². The number of aromatic nitrogens is 2. The van der Waals surface area contributed by atoms with E-state index in [4.69, 9.17) is 9.47 Å². The second-order valence-corrected chi connectivity index (χ2v) is 7.37. The molecule has 3 saturated heterocycles. The zero-order valence-corrected chi connectivity index (χ0v) is 14.8. The van der Waals surface area contributed by atoms with E-state index in [0.717, 1.165) is 31.7 Å². The molecule has 3 fully saturated rings. The van der Waals surface area contributed by atoms with Crippen molar-refractivity contribution in [2.45, 2.75) is 38.4 Å². The van der Waals surface area contributed by atoms with Gasteiger partial charge in [0.2, 0.25) is 0 Å². The van der Waals surface area contributed by atoms with Crippen LogP contribution in [0.2, 0.25) is 0 Å². The molecule has 25 heavy (non-hydrogen) atoms. The quantitative estimate of drug-likeness (QED) is 0.812. The molecule has 1 unspecified atom stereocenters. The van der Waals surface area contributed by atoms with Crippen LogP contribution in [0.15, 0.2) is 12.1 Å². The molecule has 4 heterocycles. The van der Waals surface area contributed by atoms with Gasteiger partial charge >= 0.3 is 0 Å². The number of likely N-dealkylation sites (tertiary alicyclic amines) is 1. The largest absolute Gasteiger partial charge is 0.355 e. The number of carbonyl (C=O) groups excluding carboxylic acids is 1. The number of amides is 1. The van der Waals surface area contributed by atoms with Crippen LogP contribution in [0.4, 0.5) is 5.82 Å². The Kier molecular flexibility index (Phi) is 4.60. The number of nitrogens with zero attached hydrogens (tertiary/aromatic N) is 4. The Bertz CT molecular complexity index is 605. The van der Waals surface area contributed by atoms with Crippen LogP contribution >= 0.6 is 0 Å². The van der Waals surface area contributed by atoms with Crippen molar-refractivity contribution in [1.29, 1.82) is 0 Å². The van der Waals surface area contributed by atoms with Crippen molar-refractivity contribution < 1.29 is 14.3 Å². The van der Waals surface area contributed by atoms with E-state index in [1.165, 1.54) is 12.8 Å². The molecule has 0 radical (unpaired) electrons. The first-order chi connectivity index (χ1) is 12.2. The minimum absolute atomic E-state index is 0.0566. The van der Waals surface area contributed by atoms with Gasteiger partial charge in [-0.1, -0.05) is 6.92 Å². The summed E-state index contributed by atoms with van der Waals surface area (Å²) in [5.74, 6) is 1.03. The fourth-order valence-corrected chi connectivity index (χ4v) is 4.00. The Hall–Kier alpha value is -1.73. The van der Waals surface area contributed by atoms with Crippen molar-refractivity contribution in [2.75, 3.05) is 44.3 Å². The zero-order valence-electron chi connectivity index (χ0n) is 14.8. The lowest BCUT2D eigenvalue weighted by molar-refractivity contribution is -0.181. The number of hydrogen-bond acceptors (Lipinski definition) is 6. The summed E-state index contributed by atoms with van der Waals surface area (Å²) in [4.78, 5) is 16.8. The van der Waals surface area contributed by atoms with Crippen molar-refractivity contribution in [3.8, 4) is 0 Å². The average Bonchev–Trinajstić information content (AvgIpc) is 3.10. The smallest absolute Gasteiger partial charge is 0.274 e. The maximum absolute atomic E-state index is 12.7. The summed E-state index contributed by atoms with van der Waals surface area (Å²) in [6.45, 7) is 6.85. The van der Waals surface area contributed by atoms with Gasteiger partial charge in [-0.2, -0.15) is 0 Å². The minimum Gasteiger partial charge on any atom is -0.355 e. The summed E-state index contributed by atoms with van der Waals surface area (Å²) in [6.07, 6.45) is 3.89. The van der Waals surface area contributed by atoms with Gasteiger partial charge in [-0.15, -0.1) is 10.2 Å². The fraction of sp³-hybridized carbons (Fsp3) is 0.722. The van der Waals surface area contributed by atoms with E-state index in [2.05, 4.69) is 22.0 Å². The first-order valence-corrected chi connectivity index (χ1v) is 9.31. The van der Waals surface area contributed by atoms with Crippen LogP contribution in [0.25, 0.3) is 0 Å². The number of anilines is 1. The van der Waals surface area contributed by atoms with Gasteiger partial charge in [-0.25, -0.2) is 0 Å². The third kappa shape index (κ3) is 3.48. The molecule has 7 heteroatoms. The molecule has 1 aromatic heterocycles. The normalized spacial score (nSPS) is 26.2. The molecule has 3 aliphatic rings. The standard InChI is InChI=1S/C18H26N4O3/c1-14-3-2-8-22(13-14)16-5-4-15(19-20-16)17(23)21-9-6-18(7-10-21)24-11-12-25-18/h4-5,14H,2-3,6-13H2,1H3. The molecule has 4 rings (SSSR count). The molecular formula is C18H26N4O3. The van der Waals surface area contributed by atoms with Crippen LogP contribution in [-0.2, 0) is 9.47 Å². The zero-order chi connectivity index (χ0) is 17.3. The SMILES string of the molecule is CC1CCCN(c2ccc(C(=O)N3CCC4(CC3)OCCO4)nn2)C1. The van der Waals surface area contributed by atoms with E-state index >= 15 is 0 Å². The molecule has 136 valence electrons. The summed E-state index contributed by atoms with van der Waals surface area (Å²) in [7, 11) is 0. The third-order valence-electron chi connectivity index (χ3n) is 5.48. The maximum Gasteiger partial charge on any atom is 0.274 e. The van der Waals surface area contributed by atoms with E-state index in [9.17, 15) is 4.79 Å². The predicted molar refractivity (Wildman–Crippen MR) is 92.4 cm³/mol. The number of rotatable bonds is 2. The van der Waals surface area contributed by atoms with Gasteiger partial charge in [0, 0.05) is 39.0 Å². The third-order valence-corrected chi connectivity index (χ3v) is 5.48. The van der Waals surface area contributed by atoms with Crippen LogP contribution in [0.5, 0.6) is 0 Å². The molecular weight excluding hydrogens is 320 g/mol. The second-order valence-electron chi connectivity index (χ2n) is 7.37. The highest BCUT2D eigenvalue weighted by Crippen LogP contribution is 2.31. The van der Waals surface area contributed by atoms with E-state index < -0.39 is 5.79 Å². The molecule has 1 aromatic rings. The topological polar surface area (TPSA) is 67.8 Å². The molecule has 0 N–H and O–H groups in total. The Balaban J connectivity index is 1.37. The molecule has 0 saturated carbocycles. The number of piperidine rings is 2. The van der Waals surface area contributed by atoms with Crippen molar-refractivity contribution in [3.05, 3.63) is 17.8 Å². The Morgan fingerprint density at radius 1 is 1.16 bits per heavy atom. The molecule has 7 nitrogen and oxygen atoms in total. The Morgan fingerprint density at radius 3 is 2.56 bits per heavy atom. The Morgan fingerprint density at radius 2 is 1.92 bits per heavy atom. The number of hydrogen-bond donors (Lipinski definition) is 0. The van der Waals surface area contributed by atoms with Gasteiger partial charge in [0.15, 0.2) is 17.3 Å². The van der Waals surface area contributed by atoms with Crippen molar-refractivity contribution in [1.82, 2.24) is 15.1 Å². The monoisotopic (exact) mass is 346 g/mol. The first kappa shape index (κ1) is 16.7. The lowest BCUT2D eigenvalue weighted by atomic mass is 10.0. The van der Waals surface area contributed by atoms with E-state index in [-0.39, 0.29) is 5.91 Å². The van der Waals surface area contributed by atoms with Crippen LogP contribution < -0.4 is 4.90 Å². The summed E-state index contributed by atoms with van der Waals surface area (Å²) in [5, 5.41) is 8.50. The van der Waals surface area contributed by atoms with Crippen LogP contribution in [0.1, 0.15) is 43.1 Å². The average molecular weight is 346 g/mol. The molecule has 0 aliphatic carbocycles. The van der Waals surface area contributed by atoms with E-state index in [0.29, 0.717) is 37.9 Å². The summed E-state index contributed by atoms with van der Waals surface area (Å²) in [5.41, 5.74) is 0.415. The summed E-state index contributed by atoms with van der Waals surface area (Å²) >= 11 is 0. The number of carbonyl (C=O) groups is 1. The lowest BCUT2D eigenvalue weighted by Crippen LogP contribution is -2.47. The molecule has 1 atom stereocenters. The van der Waals surface area contributed by atoms with Crippen molar-refractivity contribution in [2.24, 2.45) is 5.92 Å². The molecule has 3 aliphatic heterocycles. The summed E-state index contributed by atoms with van der Waals surface area (Å²) < 4.78 is 11.4. The molecule has 0 aromatic carbocycles. The highest BCUT2D eigenvalue weighted by Gasteiger charge is 2.41. The van der Waals surface area contributed by atoms with Gasteiger partial charge in [-0.3, -0.25) is 4.79 Å². The van der Waals surface area contributed by atoms with Gasteiger partial charge in [0.1, 0.15) is 0 Å². The lowest BCUT2D eigenvalue weighted by Gasteiger charge is -2.37.